The minimum absolute atomic E-state index is 0.215. The summed E-state index contributed by atoms with van der Waals surface area (Å²) in [5, 5.41) is 2.10. The van der Waals surface area contributed by atoms with Gasteiger partial charge < -0.3 is 0 Å². The van der Waals surface area contributed by atoms with Crippen molar-refractivity contribution < 1.29 is 0 Å². The molecule has 0 bridgehead atoms. The van der Waals surface area contributed by atoms with E-state index in [0.717, 1.165) is 16.8 Å². The van der Waals surface area contributed by atoms with Gasteiger partial charge in [0.2, 0.25) is 0 Å². The Morgan fingerprint density at radius 1 is 1.69 bits per heavy atom. The van der Waals surface area contributed by atoms with Crippen LogP contribution in [-0.2, 0) is 0 Å². The maximum atomic E-state index is 5.73. The van der Waals surface area contributed by atoms with Crippen LogP contribution in [0.25, 0.3) is 0 Å². The number of rotatable bonds is 3. The summed E-state index contributed by atoms with van der Waals surface area (Å²) in [6, 6.07) is 2.77. The highest BCUT2D eigenvalue weighted by atomic mass is 79.9. The van der Waals surface area contributed by atoms with Crippen LogP contribution in [-0.4, -0.2) is 36.0 Å². The summed E-state index contributed by atoms with van der Waals surface area (Å²) in [4.78, 5) is 3.69. The number of halogens is 1. The molecule has 2 heterocycles. The van der Waals surface area contributed by atoms with Crippen molar-refractivity contribution in [3.63, 3.8) is 0 Å². The molecular weight excluding hydrogens is 306 g/mol. The quantitative estimate of drug-likeness (QED) is 0.660. The molecule has 2 unspecified atom stereocenters. The summed E-state index contributed by atoms with van der Waals surface area (Å²) in [6.45, 7) is 1.14. The van der Waals surface area contributed by atoms with E-state index in [9.17, 15) is 0 Å². The average molecular weight is 322 g/mol. The second-order valence-electron chi connectivity index (χ2n) is 3.90. The molecule has 0 radical (unpaired) electrons. The van der Waals surface area contributed by atoms with E-state index in [1.165, 1.54) is 10.6 Å². The van der Waals surface area contributed by atoms with Gasteiger partial charge in [-0.3, -0.25) is 16.2 Å². The predicted molar refractivity (Wildman–Crippen MR) is 75.8 cm³/mol. The van der Waals surface area contributed by atoms with E-state index in [1.807, 2.05) is 11.8 Å². The van der Waals surface area contributed by atoms with Crippen molar-refractivity contribution in [3.05, 3.63) is 20.8 Å². The second-order valence-corrected chi connectivity index (χ2v) is 6.85. The van der Waals surface area contributed by atoms with Crippen LogP contribution in [0, 0.1) is 0 Å². The number of hydrogen-bond acceptors (Lipinski definition) is 5. The van der Waals surface area contributed by atoms with Gasteiger partial charge in [-0.15, -0.1) is 11.3 Å². The van der Waals surface area contributed by atoms with Gasteiger partial charge in [-0.05, 0) is 34.4 Å². The Kier molecular flexibility index (Phi) is 4.69. The Bertz CT molecular complexity index is 345. The number of nitrogens with zero attached hydrogens (tertiary/aromatic N) is 1. The maximum Gasteiger partial charge on any atom is 0.0727 e. The summed E-state index contributed by atoms with van der Waals surface area (Å²) < 4.78 is 1.16. The molecule has 0 aromatic carbocycles. The number of thiophene rings is 1. The number of nitrogens with two attached hydrogens (primary N) is 1. The van der Waals surface area contributed by atoms with E-state index in [2.05, 4.69) is 44.7 Å². The SMILES string of the molecule is CN1CCSCC1C(NN)c1sccc1Br. The number of hydrazine groups is 1. The Balaban J connectivity index is 2.18. The van der Waals surface area contributed by atoms with E-state index >= 15 is 0 Å². The normalized spacial score (nSPS) is 24.6. The van der Waals surface area contributed by atoms with Crippen molar-refractivity contribution in [1.82, 2.24) is 10.3 Å². The lowest BCUT2D eigenvalue weighted by molar-refractivity contribution is 0.218. The Morgan fingerprint density at radius 2 is 2.50 bits per heavy atom. The second kappa shape index (κ2) is 5.84. The van der Waals surface area contributed by atoms with E-state index in [1.54, 1.807) is 11.3 Å². The number of nitrogens with one attached hydrogen (secondary N) is 1. The molecule has 3 N–H and O–H groups in total. The predicted octanol–water partition coefficient (Wildman–Crippen LogP) is 2.06. The zero-order chi connectivity index (χ0) is 11.5. The van der Waals surface area contributed by atoms with Crippen LogP contribution >= 0.6 is 39.0 Å². The minimum atomic E-state index is 0.215. The van der Waals surface area contributed by atoms with Gasteiger partial charge >= 0.3 is 0 Å². The third-order valence-electron chi connectivity index (χ3n) is 2.93. The Labute approximate surface area is 113 Å². The lowest BCUT2D eigenvalue weighted by Crippen LogP contribution is -2.49. The van der Waals surface area contributed by atoms with Gasteiger partial charge in [-0.2, -0.15) is 11.8 Å². The monoisotopic (exact) mass is 321 g/mol. The molecule has 1 aromatic heterocycles. The summed E-state index contributed by atoms with van der Waals surface area (Å²) >= 11 is 7.34. The van der Waals surface area contributed by atoms with Crippen molar-refractivity contribution in [1.29, 1.82) is 0 Å². The van der Waals surface area contributed by atoms with Crippen LogP contribution in [0.2, 0.25) is 0 Å². The zero-order valence-electron chi connectivity index (χ0n) is 9.15. The van der Waals surface area contributed by atoms with Crippen LogP contribution in [0.1, 0.15) is 10.9 Å². The first kappa shape index (κ1) is 12.9. The zero-order valence-corrected chi connectivity index (χ0v) is 12.4. The van der Waals surface area contributed by atoms with Crippen LogP contribution < -0.4 is 11.3 Å². The minimum Gasteiger partial charge on any atom is -0.300 e. The van der Waals surface area contributed by atoms with Crippen LogP contribution in [0.15, 0.2) is 15.9 Å². The van der Waals surface area contributed by atoms with Crippen molar-refractivity contribution in [2.24, 2.45) is 5.84 Å². The summed E-state index contributed by atoms with van der Waals surface area (Å²) in [6.07, 6.45) is 0. The highest BCUT2D eigenvalue weighted by Crippen LogP contribution is 2.34. The van der Waals surface area contributed by atoms with E-state index in [-0.39, 0.29) is 6.04 Å². The van der Waals surface area contributed by atoms with E-state index < -0.39 is 0 Å². The van der Waals surface area contributed by atoms with E-state index in [4.69, 9.17) is 5.84 Å². The third kappa shape index (κ3) is 2.63. The largest absolute Gasteiger partial charge is 0.300 e. The molecule has 1 saturated heterocycles. The van der Waals surface area contributed by atoms with Gasteiger partial charge in [0.15, 0.2) is 0 Å². The molecule has 0 spiro atoms. The third-order valence-corrected chi connectivity index (χ3v) is 5.94. The number of thioether (sulfide) groups is 1. The summed E-state index contributed by atoms with van der Waals surface area (Å²) in [5.41, 5.74) is 2.97. The maximum absolute atomic E-state index is 5.73. The van der Waals surface area contributed by atoms with Crippen molar-refractivity contribution in [3.8, 4) is 0 Å². The van der Waals surface area contributed by atoms with Gasteiger partial charge in [-0.25, -0.2) is 0 Å². The molecule has 0 amide bonds. The molecule has 3 nitrogen and oxygen atoms in total. The van der Waals surface area contributed by atoms with Gasteiger partial charge in [0.05, 0.1) is 6.04 Å². The highest BCUT2D eigenvalue weighted by Gasteiger charge is 2.30. The lowest BCUT2D eigenvalue weighted by Gasteiger charge is -2.37. The standard InChI is InChI=1S/C10H16BrN3S2/c1-14-3-5-15-6-8(14)9(13-12)10-7(11)2-4-16-10/h2,4,8-9,13H,3,5-6,12H2,1H3. The fourth-order valence-electron chi connectivity index (χ4n) is 1.95. The fraction of sp³-hybridized carbons (Fsp3) is 0.600. The molecule has 6 heteroatoms. The fourth-order valence-corrected chi connectivity index (χ4v) is 4.95. The molecule has 16 heavy (non-hydrogen) atoms. The number of hydrogen-bond donors (Lipinski definition) is 2. The van der Waals surface area contributed by atoms with Gasteiger partial charge in [0.25, 0.3) is 0 Å². The lowest BCUT2D eigenvalue weighted by atomic mass is 10.1. The topological polar surface area (TPSA) is 41.3 Å². The van der Waals surface area contributed by atoms with Crippen molar-refractivity contribution >= 4 is 39.0 Å². The summed E-state index contributed by atoms with van der Waals surface area (Å²) in [7, 11) is 2.18. The highest BCUT2D eigenvalue weighted by molar-refractivity contribution is 9.10. The first-order valence-electron chi connectivity index (χ1n) is 5.21. The first-order valence-corrected chi connectivity index (χ1v) is 8.03. The number of likely N-dealkylation sites (N-methyl/N-ethyl adjacent to an activating group) is 1. The molecule has 1 aromatic rings. The smallest absolute Gasteiger partial charge is 0.0727 e. The molecule has 0 saturated carbocycles. The Hall–Kier alpha value is 0.410. The Morgan fingerprint density at radius 3 is 3.06 bits per heavy atom. The van der Waals surface area contributed by atoms with Gasteiger partial charge in [0.1, 0.15) is 0 Å². The molecule has 1 fully saturated rings. The van der Waals surface area contributed by atoms with E-state index in [0.29, 0.717) is 6.04 Å². The molecule has 90 valence electrons. The molecule has 1 aliphatic rings. The first-order chi connectivity index (χ1) is 7.74. The summed E-state index contributed by atoms with van der Waals surface area (Å²) in [5.74, 6) is 8.08. The molecule has 0 aliphatic carbocycles. The van der Waals surface area contributed by atoms with Crippen molar-refractivity contribution in [2.45, 2.75) is 12.1 Å². The van der Waals surface area contributed by atoms with Crippen LogP contribution in [0.4, 0.5) is 0 Å². The van der Waals surface area contributed by atoms with Crippen LogP contribution in [0.5, 0.6) is 0 Å². The average Bonchev–Trinajstić information content (AvgIpc) is 2.69. The molecule has 1 aliphatic heterocycles. The molecule has 2 rings (SSSR count). The van der Waals surface area contributed by atoms with Crippen molar-refractivity contribution in [2.75, 3.05) is 25.1 Å². The molecular formula is C10H16BrN3S2. The van der Waals surface area contributed by atoms with Gasteiger partial charge in [-0.1, -0.05) is 0 Å². The van der Waals surface area contributed by atoms with Gasteiger partial charge in [0, 0.05) is 33.4 Å². The molecule has 2 atom stereocenters. The van der Waals surface area contributed by atoms with Crippen LogP contribution in [0.3, 0.4) is 0 Å².